The lowest BCUT2D eigenvalue weighted by Gasteiger charge is -2.43. The highest BCUT2D eigenvalue weighted by atomic mass is 16.7. The van der Waals surface area contributed by atoms with Gasteiger partial charge in [-0.3, -0.25) is 9.59 Å². The van der Waals surface area contributed by atoms with E-state index in [0.29, 0.717) is 32.7 Å². The largest absolute Gasteiger partial charge is 0.465 e. The van der Waals surface area contributed by atoms with Gasteiger partial charge in [-0.1, -0.05) is 34.3 Å². The van der Waals surface area contributed by atoms with Crippen LogP contribution in [0.1, 0.15) is 47.0 Å². The summed E-state index contributed by atoms with van der Waals surface area (Å²) in [5, 5.41) is 0. The van der Waals surface area contributed by atoms with Crippen molar-refractivity contribution in [2.75, 3.05) is 19.8 Å². The molecular formula is C17H28O5. The number of hydrogen-bond donors (Lipinski definition) is 0. The molecule has 0 spiro atoms. The number of ether oxygens (including phenoxy) is 3. The standard InChI is InChI=1S/C17H28O5/c1-6-13(18)9-16(4,5)15-21-11-17(8-3,12-22-15)10-20-14(19)7-2/h6,15H,1,7-12H2,2-5H3. The molecular weight excluding hydrogens is 284 g/mol. The van der Waals surface area contributed by atoms with E-state index < -0.39 is 11.7 Å². The Morgan fingerprint density at radius 3 is 2.36 bits per heavy atom. The average Bonchev–Trinajstić information content (AvgIpc) is 2.52. The maximum absolute atomic E-state index is 11.6. The zero-order valence-corrected chi connectivity index (χ0v) is 14.1. The molecule has 5 nitrogen and oxygen atoms in total. The van der Waals surface area contributed by atoms with Gasteiger partial charge in [0, 0.05) is 18.3 Å². The van der Waals surface area contributed by atoms with Crippen LogP contribution in [0.2, 0.25) is 0 Å². The summed E-state index contributed by atoms with van der Waals surface area (Å²) >= 11 is 0. The third-order valence-electron chi connectivity index (χ3n) is 4.16. The fourth-order valence-electron chi connectivity index (χ4n) is 2.38. The van der Waals surface area contributed by atoms with Crippen molar-refractivity contribution in [3.8, 4) is 0 Å². The molecule has 1 heterocycles. The summed E-state index contributed by atoms with van der Waals surface area (Å²) in [5.74, 6) is -0.242. The van der Waals surface area contributed by atoms with Gasteiger partial charge in [-0.05, 0) is 12.5 Å². The van der Waals surface area contributed by atoms with Crippen LogP contribution in [0.25, 0.3) is 0 Å². The van der Waals surface area contributed by atoms with E-state index in [0.717, 1.165) is 6.42 Å². The van der Waals surface area contributed by atoms with E-state index in [1.165, 1.54) is 6.08 Å². The maximum atomic E-state index is 11.6. The van der Waals surface area contributed by atoms with E-state index in [1.807, 2.05) is 20.8 Å². The van der Waals surface area contributed by atoms with Crippen molar-refractivity contribution in [3.05, 3.63) is 12.7 Å². The lowest BCUT2D eigenvalue weighted by atomic mass is 9.83. The van der Waals surface area contributed by atoms with E-state index >= 15 is 0 Å². The second-order valence-electron chi connectivity index (χ2n) is 6.66. The Kier molecular flexibility index (Phi) is 6.75. The van der Waals surface area contributed by atoms with E-state index in [2.05, 4.69) is 6.58 Å². The van der Waals surface area contributed by atoms with E-state index in [9.17, 15) is 9.59 Å². The summed E-state index contributed by atoms with van der Waals surface area (Å²) in [7, 11) is 0. The molecule has 0 amide bonds. The third-order valence-corrected chi connectivity index (χ3v) is 4.16. The number of esters is 1. The lowest BCUT2D eigenvalue weighted by molar-refractivity contribution is -0.275. The summed E-state index contributed by atoms with van der Waals surface area (Å²) < 4.78 is 17.0. The van der Waals surface area contributed by atoms with Gasteiger partial charge in [0.1, 0.15) is 6.61 Å². The smallest absolute Gasteiger partial charge is 0.305 e. The summed E-state index contributed by atoms with van der Waals surface area (Å²) in [4.78, 5) is 22.9. The van der Waals surface area contributed by atoms with Crippen molar-refractivity contribution in [2.45, 2.75) is 53.2 Å². The first-order chi connectivity index (χ1) is 10.3. The number of hydrogen-bond acceptors (Lipinski definition) is 5. The van der Waals surface area contributed by atoms with Crippen LogP contribution in [0.3, 0.4) is 0 Å². The van der Waals surface area contributed by atoms with Crippen LogP contribution in [-0.4, -0.2) is 37.9 Å². The lowest BCUT2D eigenvalue weighted by Crippen LogP contribution is -2.49. The minimum atomic E-state index is -0.446. The Morgan fingerprint density at radius 2 is 1.91 bits per heavy atom. The highest BCUT2D eigenvalue weighted by Crippen LogP contribution is 2.37. The fourth-order valence-corrected chi connectivity index (χ4v) is 2.38. The maximum Gasteiger partial charge on any atom is 0.305 e. The number of carbonyl (C=O) groups excluding carboxylic acids is 2. The number of allylic oxidation sites excluding steroid dienone is 1. The Morgan fingerprint density at radius 1 is 1.32 bits per heavy atom. The van der Waals surface area contributed by atoms with E-state index in [-0.39, 0.29) is 17.2 Å². The molecule has 0 aromatic carbocycles. The van der Waals surface area contributed by atoms with Gasteiger partial charge in [-0.25, -0.2) is 0 Å². The van der Waals surface area contributed by atoms with Gasteiger partial charge < -0.3 is 14.2 Å². The van der Waals surface area contributed by atoms with Crippen LogP contribution in [0, 0.1) is 10.8 Å². The Labute approximate surface area is 133 Å². The molecule has 5 heteroatoms. The predicted octanol–water partition coefficient (Wildman–Crippen LogP) is 2.88. The molecule has 126 valence electrons. The van der Waals surface area contributed by atoms with Gasteiger partial charge in [0.25, 0.3) is 0 Å². The Hall–Kier alpha value is -1.20. The molecule has 0 aliphatic carbocycles. The van der Waals surface area contributed by atoms with Crippen LogP contribution < -0.4 is 0 Å². The van der Waals surface area contributed by atoms with E-state index in [1.54, 1.807) is 6.92 Å². The van der Waals surface area contributed by atoms with Gasteiger partial charge >= 0.3 is 5.97 Å². The van der Waals surface area contributed by atoms with Crippen LogP contribution in [0.5, 0.6) is 0 Å². The number of ketones is 1. The first-order valence-corrected chi connectivity index (χ1v) is 7.82. The van der Waals surface area contributed by atoms with Crippen LogP contribution >= 0.6 is 0 Å². The molecule has 22 heavy (non-hydrogen) atoms. The summed E-state index contributed by atoms with van der Waals surface area (Å²) in [6, 6.07) is 0. The van der Waals surface area contributed by atoms with Crippen LogP contribution in [-0.2, 0) is 23.8 Å². The second kappa shape index (κ2) is 7.88. The molecule has 0 saturated carbocycles. The van der Waals surface area contributed by atoms with Crippen LogP contribution in [0.4, 0.5) is 0 Å². The van der Waals surface area contributed by atoms with Crippen molar-refractivity contribution in [2.24, 2.45) is 10.8 Å². The molecule has 1 saturated heterocycles. The second-order valence-corrected chi connectivity index (χ2v) is 6.66. The number of carbonyl (C=O) groups is 2. The summed E-state index contributed by atoms with van der Waals surface area (Å²) in [6.07, 6.45) is 2.36. The number of rotatable bonds is 8. The highest BCUT2D eigenvalue weighted by Gasteiger charge is 2.42. The third kappa shape index (κ3) is 4.92. The molecule has 0 unspecified atom stereocenters. The van der Waals surface area contributed by atoms with Gasteiger partial charge in [0.2, 0.25) is 0 Å². The quantitative estimate of drug-likeness (QED) is 0.509. The Balaban J connectivity index is 2.61. The van der Waals surface area contributed by atoms with Crippen molar-refractivity contribution in [1.29, 1.82) is 0 Å². The van der Waals surface area contributed by atoms with Crippen molar-refractivity contribution in [3.63, 3.8) is 0 Å². The van der Waals surface area contributed by atoms with Crippen LogP contribution in [0.15, 0.2) is 12.7 Å². The first-order valence-electron chi connectivity index (χ1n) is 7.82. The molecule has 0 aromatic rings. The van der Waals surface area contributed by atoms with Gasteiger partial charge in [-0.15, -0.1) is 0 Å². The van der Waals surface area contributed by atoms with Gasteiger partial charge in [-0.2, -0.15) is 0 Å². The fraction of sp³-hybridized carbons (Fsp3) is 0.765. The summed E-state index contributed by atoms with van der Waals surface area (Å²) in [5.41, 5.74) is -0.731. The van der Waals surface area contributed by atoms with Crippen molar-refractivity contribution < 1.29 is 23.8 Å². The van der Waals surface area contributed by atoms with E-state index in [4.69, 9.17) is 14.2 Å². The highest BCUT2D eigenvalue weighted by molar-refractivity contribution is 5.89. The topological polar surface area (TPSA) is 61.8 Å². The molecule has 1 aliphatic rings. The molecule has 1 fully saturated rings. The van der Waals surface area contributed by atoms with Gasteiger partial charge in [0.05, 0.1) is 18.6 Å². The van der Waals surface area contributed by atoms with Gasteiger partial charge in [0.15, 0.2) is 12.1 Å². The van der Waals surface area contributed by atoms with Crippen molar-refractivity contribution >= 4 is 11.8 Å². The minimum absolute atomic E-state index is 0.0265. The normalized spacial score (nSPS) is 25.5. The monoisotopic (exact) mass is 312 g/mol. The molecule has 0 bridgehead atoms. The molecule has 0 aromatic heterocycles. The Bertz CT molecular complexity index is 405. The molecule has 0 N–H and O–H groups in total. The molecule has 1 rings (SSSR count). The molecule has 0 atom stereocenters. The SMILES string of the molecule is C=CC(=O)CC(C)(C)C1OCC(CC)(COC(=O)CC)CO1. The zero-order valence-electron chi connectivity index (χ0n) is 14.1. The zero-order chi connectivity index (χ0) is 16.8. The predicted molar refractivity (Wildman–Crippen MR) is 83.3 cm³/mol. The molecule has 0 radical (unpaired) electrons. The van der Waals surface area contributed by atoms with Crippen molar-refractivity contribution in [1.82, 2.24) is 0 Å². The summed E-state index contributed by atoms with van der Waals surface area (Å²) in [6.45, 7) is 12.4. The average molecular weight is 312 g/mol. The minimum Gasteiger partial charge on any atom is -0.465 e. The molecule has 1 aliphatic heterocycles. The first kappa shape index (κ1) is 18.8.